The SMILES string of the molecule is CN(C)NC(=O)c1cc2ccc3c4ccccc4[nH]c3c2c(N=Nc2ccc(N)cc2)c1O. The zero-order valence-electron chi connectivity index (χ0n) is 18.1. The van der Waals surface area contributed by atoms with Gasteiger partial charge in [0.05, 0.1) is 16.8 Å². The number of nitrogens with one attached hydrogen (secondary N) is 2. The highest BCUT2D eigenvalue weighted by molar-refractivity contribution is 6.21. The molecule has 0 saturated carbocycles. The fourth-order valence-corrected chi connectivity index (χ4v) is 3.96. The van der Waals surface area contributed by atoms with Gasteiger partial charge in [-0.15, -0.1) is 5.11 Å². The van der Waals surface area contributed by atoms with E-state index >= 15 is 0 Å². The number of aromatic nitrogens is 1. The van der Waals surface area contributed by atoms with Gasteiger partial charge in [-0.1, -0.05) is 30.3 Å². The Morgan fingerprint density at radius 1 is 1.00 bits per heavy atom. The maximum Gasteiger partial charge on any atom is 0.269 e. The van der Waals surface area contributed by atoms with Gasteiger partial charge >= 0.3 is 0 Å². The molecule has 5 aromatic rings. The van der Waals surface area contributed by atoms with E-state index in [1.807, 2.05) is 36.4 Å². The molecule has 0 fully saturated rings. The third-order valence-electron chi connectivity index (χ3n) is 5.46. The molecule has 5 rings (SSSR count). The molecule has 0 atom stereocenters. The Morgan fingerprint density at radius 2 is 1.76 bits per heavy atom. The summed E-state index contributed by atoms with van der Waals surface area (Å²) in [5, 5.41) is 24.9. The number of hydrogen-bond donors (Lipinski definition) is 4. The third kappa shape index (κ3) is 3.62. The highest BCUT2D eigenvalue weighted by Crippen LogP contribution is 2.43. The van der Waals surface area contributed by atoms with Gasteiger partial charge in [-0.05, 0) is 41.8 Å². The molecule has 1 aromatic heterocycles. The van der Waals surface area contributed by atoms with Gasteiger partial charge in [0.15, 0.2) is 5.75 Å². The number of hydrazine groups is 1. The summed E-state index contributed by atoms with van der Waals surface area (Å²) in [5.74, 6) is -0.688. The number of carbonyl (C=O) groups excluding carboxylic acids is 1. The zero-order valence-corrected chi connectivity index (χ0v) is 18.1. The first-order valence-electron chi connectivity index (χ1n) is 10.4. The maximum atomic E-state index is 12.8. The molecule has 0 aliphatic heterocycles. The molecular formula is C25H22N6O2. The number of fused-ring (bicyclic) bond motifs is 5. The van der Waals surface area contributed by atoms with E-state index in [-0.39, 0.29) is 17.0 Å². The highest BCUT2D eigenvalue weighted by Gasteiger charge is 2.21. The van der Waals surface area contributed by atoms with Gasteiger partial charge in [0, 0.05) is 41.5 Å². The minimum absolute atomic E-state index is 0.109. The number of benzene rings is 4. The molecule has 1 heterocycles. The van der Waals surface area contributed by atoms with Crippen LogP contribution in [0.15, 0.2) is 77.0 Å². The molecule has 4 aromatic carbocycles. The zero-order chi connectivity index (χ0) is 23.1. The lowest BCUT2D eigenvalue weighted by Crippen LogP contribution is -2.36. The van der Waals surface area contributed by atoms with Crippen LogP contribution in [0.25, 0.3) is 32.6 Å². The Morgan fingerprint density at radius 3 is 2.52 bits per heavy atom. The van der Waals surface area contributed by atoms with Crippen molar-refractivity contribution < 1.29 is 9.90 Å². The van der Waals surface area contributed by atoms with Gasteiger partial charge in [-0.25, -0.2) is 5.01 Å². The van der Waals surface area contributed by atoms with Crippen LogP contribution in [-0.2, 0) is 0 Å². The van der Waals surface area contributed by atoms with Gasteiger partial charge in [-0.3, -0.25) is 10.2 Å². The summed E-state index contributed by atoms with van der Waals surface area (Å²) in [6.07, 6.45) is 0. The predicted octanol–water partition coefficient (Wildman–Crippen LogP) is 5.38. The van der Waals surface area contributed by atoms with Crippen LogP contribution in [0.1, 0.15) is 10.4 Å². The van der Waals surface area contributed by atoms with Crippen LogP contribution in [0.5, 0.6) is 5.75 Å². The van der Waals surface area contributed by atoms with Crippen LogP contribution in [-0.4, -0.2) is 35.1 Å². The summed E-state index contributed by atoms with van der Waals surface area (Å²) in [6, 6.07) is 20.5. The molecule has 33 heavy (non-hydrogen) atoms. The molecule has 0 aliphatic rings. The smallest absolute Gasteiger partial charge is 0.269 e. The Hall–Kier alpha value is -4.43. The van der Waals surface area contributed by atoms with E-state index in [1.54, 1.807) is 44.4 Å². The molecule has 0 spiro atoms. The summed E-state index contributed by atoms with van der Waals surface area (Å²) in [5.41, 5.74) is 11.7. The minimum Gasteiger partial charge on any atom is -0.505 e. The molecule has 0 radical (unpaired) electrons. The Labute approximate surface area is 189 Å². The molecule has 164 valence electrons. The number of para-hydroxylation sites is 1. The third-order valence-corrected chi connectivity index (χ3v) is 5.46. The van der Waals surface area contributed by atoms with Crippen molar-refractivity contribution in [1.82, 2.24) is 15.4 Å². The number of phenolic OH excluding ortho intramolecular Hbond substituents is 1. The molecular weight excluding hydrogens is 416 g/mol. The van der Waals surface area contributed by atoms with Gasteiger partial charge in [0.1, 0.15) is 5.69 Å². The maximum absolute atomic E-state index is 12.8. The number of nitrogens with zero attached hydrogens (tertiary/aromatic N) is 3. The molecule has 8 heteroatoms. The number of rotatable bonds is 4. The average Bonchev–Trinajstić information content (AvgIpc) is 3.17. The number of hydrogen-bond acceptors (Lipinski definition) is 6. The fraction of sp³-hybridized carbons (Fsp3) is 0.0800. The number of carbonyl (C=O) groups is 1. The van der Waals surface area contributed by atoms with E-state index in [4.69, 9.17) is 5.73 Å². The van der Waals surface area contributed by atoms with Crippen molar-refractivity contribution in [2.75, 3.05) is 19.8 Å². The number of phenols is 1. The number of nitrogens with two attached hydrogens (primary N) is 1. The van der Waals surface area contributed by atoms with Crippen LogP contribution < -0.4 is 11.2 Å². The highest BCUT2D eigenvalue weighted by atomic mass is 16.3. The number of aromatic hydroxyl groups is 1. The van der Waals surface area contributed by atoms with E-state index in [0.717, 1.165) is 27.2 Å². The van der Waals surface area contributed by atoms with Gasteiger partial charge < -0.3 is 15.8 Å². The number of anilines is 1. The number of nitrogen functional groups attached to an aromatic ring is 1. The van der Waals surface area contributed by atoms with E-state index in [2.05, 4.69) is 20.6 Å². The molecule has 0 bridgehead atoms. The van der Waals surface area contributed by atoms with Crippen molar-refractivity contribution >= 4 is 55.5 Å². The Kier molecular flexibility index (Phi) is 4.91. The van der Waals surface area contributed by atoms with Gasteiger partial charge in [0.2, 0.25) is 0 Å². The van der Waals surface area contributed by atoms with Gasteiger partial charge in [-0.2, -0.15) is 5.11 Å². The quantitative estimate of drug-likeness (QED) is 0.171. The lowest BCUT2D eigenvalue weighted by molar-refractivity contribution is 0.0854. The van der Waals surface area contributed by atoms with Crippen LogP contribution in [0, 0.1) is 0 Å². The van der Waals surface area contributed by atoms with E-state index in [9.17, 15) is 9.90 Å². The monoisotopic (exact) mass is 438 g/mol. The van der Waals surface area contributed by atoms with Crippen molar-refractivity contribution in [2.45, 2.75) is 0 Å². The minimum atomic E-state index is -0.444. The summed E-state index contributed by atoms with van der Waals surface area (Å²) in [6.45, 7) is 0. The molecule has 5 N–H and O–H groups in total. The molecule has 0 aliphatic carbocycles. The second kappa shape index (κ2) is 7.92. The standard InChI is InChI=1S/C25H22N6O2/c1-31(2)30-25(33)19-13-14-7-12-18-17-5-3-4-6-20(17)27-22(18)21(14)23(24(19)32)29-28-16-10-8-15(26)9-11-16/h3-13,27,32H,26H2,1-2H3,(H,30,33). The van der Waals surface area contributed by atoms with Gasteiger partial charge in [0.25, 0.3) is 5.91 Å². The normalized spacial score (nSPS) is 11.8. The van der Waals surface area contributed by atoms with Crippen molar-refractivity contribution in [3.05, 3.63) is 72.3 Å². The molecule has 0 unspecified atom stereocenters. The fourth-order valence-electron chi connectivity index (χ4n) is 3.96. The van der Waals surface area contributed by atoms with Crippen molar-refractivity contribution in [3.63, 3.8) is 0 Å². The topological polar surface area (TPSA) is 119 Å². The summed E-state index contributed by atoms with van der Waals surface area (Å²) < 4.78 is 0. The number of H-pyrrole nitrogens is 1. The second-order valence-corrected chi connectivity index (χ2v) is 8.01. The van der Waals surface area contributed by atoms with Crippen molar-refractivity contribution in [3.8, 4) is 5.75 Å². The first kappa shape index (κ1) is 20.5. The van der Waals surface area contributed by atoms with E-state index in [0.29, 0.717) is 16.8 Å². The Bertz CT molecular complexity index is 1550. The number of aromatic amines is 1. The number of azo groups is 1. The largest absolute Gasteiger partial charge is 0.505 e. The summed E-state index contributed by atoms with van der Waals surface area (Å²) in [4.78, 5) is 16.2. The molecule has 1 amide bonds. The van der Waals surface area contributed by atoms with Crippen LogP contribution >= 0.6 is 0 Å². The second-order valence-electron chi connectivity index (χ2n) is 8.01. The van der Waals surface area contributed by atoms with Crippen molar-refractivity contribution in [1.29, 1.82) is 0 Å². The van der Waals surface area contributed by atoms with Crippen molar-refractivity contribution in [2.24, 2.45) is 10.2 Å². The van der Waals surface area contributed by atoms with E-state index < -0.39 is 5.91 Å². The molecule has 8 nitrogen and oxygen atoms in total. The Balaban J connectivity index is 1.80. The van der Waals surface area contributed by atoms with Crippen LogP contribution in [0.3, 0.4) is 0 Å². The number of amides is 1. The van der Waals surface area contributed by atoms with Crippen LogP contribution in [0.2, 0.25) is 0 Å². The first-order chi connectivity index (χ1) is 15.9. The lowest BCUT2D eigenvalue weighted by Gasteiger charge is -2.15. The molecule has 0 saturated heterocycles. The average molecular weight is 438 g/mol. The lowest BCUT2D eigenvalue weighted by atomic mass is 10.00. The van der Waals surface area contributed by atoms with Crippen LogP contribution in [0.4, 0.5) is 17.1 Å². The summed E-state index contributed by atoms with van der Waals surface area (Å²) in [7, 11) is 3.40. The summed E-state index contributed by atoms with van der Waals surface area (Å²) >= 11 is 0. The predicted molar refractivity (Wildman–Crippen MR) is 131 cm³/mol. The van der Waals surface area contributed by atoms with E-state index in [1.165, 1.54) is 5.01 Å². The first-order valence-corrected chi connectivity index (χ1v) is 10.4.